The summed E-state index contributed by atoms with van der Waals surface area (Å²) >= 11 is 0. The summed E-state index contributed by atoms with van der Waals surface area (Å²) in [4.78, 5) is 4.89. The van der Waals surface area contributed by atoms with E-state index in [4.69, 9.17) is 14.5 Å². The third-order valence-electron chi connectivity index (χ3n) is 4.42. The first-order valence-corrected chi connectivity index (χ1v) is 6.81. The lowest BCUT2D eigenvalue weighted by atomic mass is 9.76. The van der Waals surface area contributed by atoms with Gasteiger partial charge in [0.05, 0.1) is 6.04 Å². The average Bonchev–Trinajstić information content (AvgIpc) is 2.84. The summed E-state index contributed by atoms with van der Waals surface area (Å²) in [5, 5.41) is 0. The number of hydrogen-bond acceptors (Lipinski definition) is 3. The van der Waals surface area contributed by atoms with E-state index in [-0.39, 0.29) is 0 Å². The van der Waals surface area contributed by atoms with Crippen molar-refractivity contribution in [2.24, 2.45) is 4.99 Å². The van der Waals surface area contributed by atoms with E-state index in [2.05, 4.69) is 19.1 Å². The van der Waals surface area contributed by atoms with Gasteiger partial charge in [0.2, 0.25) is 6.79 Å². The predicted octanol–water partition coefficient (Wildman–Crippen LogP) is 3.26. The molecule has 1 aromatic carbocycles. The van der Waals surface area contributed by atoms with Gasteiger partial charge in [0.25, 0.3) is 0 Å². The molecule has 2 heterocycles. The van der Waals surface area contributed by atoms with Gasteiger partial charge in [-0.1, -0.05) is 12.8 Å². The molecule has 3 aliphatic rings. The molecule has 1 fully saturated rings. The fraction of sp³-hybridized carbons (Fsp3) is 0.533. The fourth-order valence-corrected chi connectivity index (χ4v) is 3.52. The van der Waals surface area contributed by atoms with Crippen LogP contribution in [0.1, 0.15) is 49.7 Å². The molecule has 2 atom stereocenters. The lowest BCUT2D eigenvalue weighted by Crippen LogP contribution is -2.28. The van der Waals surface area contributed by atoms with Crippen LogP contribution in [0.4, 0.5) is 0 Å². The van der Waals surface area contributed by atoms with E-state index in [9.17, 15) is 0 Å². The summed E-state index contributed by atoms with van der Waals surface area (Å²) < 4.78 is 11.0. The van der Waals surface area contributed by atoms with Crippen LogP contribution in [0, 0.1) is 0 Å². The fourth-order valence-electron chi connectivity index (χ4n) is 3.52. The second-order valence-corrected chi connectivity index (χ2v) is 5.47. The van der Waals surface area contributed by atoms with Gasteiger partial charge in [0, 0.05) is 17.2 Å². The molecule has 0 saturated heterocycles. The van der Waals surface area contributed by atoms with Crippen LogP contribution >= 0.6 is 0 Å². The van der Waals surface area contributed by atoms with Crippen molar-refractivity contribution in [3.05, 3.63) is 23.3 Å². The summed E-state index contributed by atoms with van der Waals surface area (Å²) in [6, 6.07) is 4.80. The van der Waals surface area contributed by atoms with Crippen LogP contribution < -0.4 is 9.47 Å². The highest BCUT2D eigenvalue weighted by molar-refractivity contribution is 6.02. The van der Waals surface area contributed by atoms with Gasteiger partial charge in [0.1, 0.15) is 0 Å². The van der Waals surface area contributed by atoms with Crippen LogP contribution in [0.2, 0.25) is 0 Å². The maximum Gasteiger partial charge on any atom is 0.231 e. The molecule has 1 aromatic rings. The van der Waals surface area contributed by atoms with Gasteiger partial charge in [0.15, 0.2) is 11.5 Å². The highest BCUT2D eigenvalue weighted by Crippen LogP contribution is 2.44. The van der Waals surface area contributed by atoms with Crippen molar-refractivity contribution >= 4 is 5.71 Å². The first kappa shape index (κ1) is 10.4. The minimum atomic E-state index is 0.350. The van der Waals surface area contributed by atoms with Gasteiger partial charge < -0.3 is 9.47 Å². The van der Waals surface area contributed by atoms with Gasteiger partial charge in [-0.2, -0.15) is 0 Å². The number of hydrogen-bond donors (Lipinski definition) is 0. The molecule has 3 heteroatoms. The Bertz CT molecular complexity index is 536. The zero-order valence-corrected chi connectivity index (χ0v) is 10.6. The Balaban J connectivity index is 1.87. The number of rotatable bonds is 0. The molecule has 2 unspecified atom stereocenters. The molecule has 18 heavy (non-hydrogen) atoms. The number of aliphatic imine (C=N–C) groups is 1. The first-order chi connectivity index (χ1) is 8.83. The summed E-state index contributed by atoms with van der Waals surface area (Å²) in [5.74, 6) is 2.37. The zero-order valence-electron chi connectivity index (χ0n) is 10.6. The predicted molar refractivity (Wildman–Crippen MR) is 69.8 cm³/mol. The molecule has 3 nitrogen and oxygen atoms in total. The van der Waals surface area contributed by atoms with E-state index in [1.165, 1.54) is 36.8 Å². The standard InChI is InChI=1S/C15H17NO2/c1-9-11-6-14-15(18-8-17-14)7-12(11)10-4-2-3-5-13(10)16-9/h6-7,10,13H,2-5,8H2,1H3. The molecule has 94 valence electrons. The van der Waals surface area contributed by atoms with E-state index in [0.29, 0.717) is 18.8 Å². The second-order valence-electron chi connectivity index (χ2n) is 5.47. The average molecular weight is 243 g/mol. The number of benzene rings is 1. The SMILES string of the molecule is CC1=NC2CCCCC2c2cc3c(cc21)OCO3. The highest BCUT2D eigenvalue weighted by atomic mass is 16.7. The molecule has 0 aromatic heterocycles. The molecule has 4 rings (SSSR count). The Labute approximate surface area is 107 Å². The van der Waals surface area contributed by atoms with Gasteiger partial charge in [-0.15, -0.1) is 0 Å². The zero-order chi connectivity index (χ0) is 12.1. The van der Waals surface area contributed by atoms with Crippen LogP contribution in [0.25, 0.3) is 0 Å². The molecule has 0 bridgehead atoms. The first-order valence-electron chi connectivity index (χ1n) is 6.81. The van der Waals surface area contributed by atoms with Gasteiger partial charge in [-0.3, -0.25) is 4.99 Å². The molecule has 0 N–H and O–H groups in total. The quantitative estimate of drug-likeness (QED) is 0.700. The third kappa shape index (κ3) is 1.39. The number of ether oxygens (including phenoxy) is 2. The Kier molecular flexibility index (Phi) is 2.16. The van der Waals surface area contributed by atoms with Crippen LogP contribution in [0.5, 0.6) is 11.5 Å². The normalized spacial score (nSPS) is 28.4. The molecule has 0 radical (unpaired) electrons. The lowest BCUT2D eigenvalue weighted by Gasteiger charge is -2.34. The van der Waals surface area contributed by atoms with Crippen molar-refractivity contribution in [1.29, 1.82) is 0 Å². The third-order valence-corrected chi connectivity index (χ3v) is 4.42. The molecule has 1 aliphatic carbocycles. The van der Waals surface area contributed by atoms with E-state index in [0.717, 1.165) is 17.2 Å². The van der Waals surface area contributed by atoms with Crippen molar-refractivity contribution in [2.75, 3.05) is 6.79 Å². The minimum absolute atomic E-state index is 0.350. The Morgan fingerprint density at radius 1 is 1.11 bits per heavy atom. The lowest BCUT2D eigenvalue weighted by molar-refractivity contribution is 0.174. The Morgan fingerprint density at radius 2 is 1.89 bits per heavy atom. The van der Waals surface area contributed by atoms with Crippen LogP contribution in [0.15, 0.2) is 17.1 Å². The monoisotopic (exact) mass is 243 g/mol. The molecule has 0 spiro atoms. The number of nitrogens with zero attached hydrogens (tertiary/aromatic N) is 1. The number of fused-ring (bicyclic) bond motifs is 4. The largest absolute Gasteiger partial charge is 0.454 e. The Morgan fingerprint density at radius 3 is 2.78 bits per heavy atom. The maximum absolute atomic E-state index is 5.52. The van der Waals surface area contributed by atoms with Crippen molar-refractivity contribution in [2.45, 2.75) is 44.6 Å². The van der Waals surface area contributed by atoms with Crippen molar-refractivity contribution in [3.63, 3.8) is 0 Å². The summed E-state index contributed by atoms with van der Waals surface area (Å²) in [7, 11) is 0. The van der Waals surface area contributed by atoms with Gasteiger partial charge >= 0.3 is 0 Å². The van der Waals surface area contributed by atoms with Crippen molar-refractivity contribution < 1.29 is 9.47 Å². The Hall–Kier alpha value is -1.51. The molecular weight excluding hydrogens is 226 g/mol. The molecule has 2 aliphatic heterocycles. The van der Waals surface area contributed by atoms with Gasteiger partial charge in [-0.05, 0) is 37.5 Å². The minimum Gasteiger partial charge on any atom is -0.454 e. The summed E-state index contributed by atoms with van der Waals surface area (Å²) in [5.41, 5.74) is 3.85. The summed E-state index contributed by atoms with van der Waals surface area (Å²) in [6.45, 7) is 2.47. The second kappa shape index (κ2) is 3.74. The maximum atomic E-state index is 5.52. The molecule has 1 saturated carbocycles. The summed E-state index contributed by atoms with van der Waals surface area (Å²) in [6.07, 6.45) is 5.13. The van der Waals surface area contributed by atoms with E-state index in [1.807, 2.05) is 0 Å². The van der Waals surface area contributed by atoms with Gasteiger partial charge in [-0.25, -0.2) is 0 Å². The van der Waals surface area contributed by atoms with E-state index >= 15 is 0 Å². The molecular formula is C15H17NO2. The van der Waals surface area contributed by atoms with Crippen molar-refractivity contribution in [3.8, 4) is 11.5 Å². The highest BCUT2D eigenvalue weighted by Gasteiger charge is 2.33. The van der Waals surface area contributed by atoms with Crippen LogP contribution in [-0.2, 0) is 0 Å². The topological polar surface area (TPSA) is 30.8 Å². The van der Waals surface area contributed by atoms with E-state index in [1.54, 1.807) is 0 Å². The molecule has 0 amide bonds. The van der Waals surface area contributed by atoms with Crippen LogP contribution in [-0.4, -0.2) is 18.5 Å². The van der Waals surface area contributed by atoms with Crippen molar-refractivity contribution in [1.82, 2.24) is 0 Å². The van der Waals surface area contributed by atoms with Crippen LogP contribution in [0.3, 0.4) is 0 Å². The smallest absolute Gasteiger partial charge is 0.231 e. The van der Waals surface area contributed by atoms with E-state index < -0.39 is 0 Å².